The Morgan fingerprint density at radius 2 is 2.31 bits per heavy atom. The van der Waals surface area contributed by atoms with Crippen molar-refractivity contribution in [1.82, 2.24) is 10.3 Å². The van der Waals surface area contributed by atoms with Gasteiger partial charge in [-0.2, -0.15) is 0 Å². The van der Waals surface area contributed by atoms with Crippen molar-refractivity contribution in [2.24, 2.45) is 0 Å². The molecule has 0 saturated heterocycles. The molecule has 0 aliphatic heterocycles. The summed E-state index contributed by atoms with van der Waals surface area (Å²) >= 11 is 0. The Hall–Kier alpha value is -1.58. The van der Waals surface area contributed by atoms with Crippen LogP contribution in [0.15, 0.2) is 24.5 Å². The number of nitrogens with one attached hydrogen (secondary N) is 1. The van der Waals surface area contributed by atoms with Crippen LogP contribution in [-0.4, -0.2) is 23.0 Å². The molecule has 0 radical (unpaired) electrons. The molecule has 1 amide bonds. The number of ether oxygens (including phenoxy) is 1. The van der Waals surface area contributed by atoms with E-state index in [4.69, 9.17) is 4.74 Å². The van der Waals surface area contributed by atoms with Crippen LogP contribution in [0.3, 0.4) is 0 Å². The number of amides is 1. The first-order valence-corrected chi connectivity index (χ1v) is 5.50. The number of hydrogen-bond donors (Lipinski definition) is 1. The molecule has 0 fully saturated rings. The molecule has 2 atom stereocenters. The minimum absolute atomic E-state index is 0.0989. The van der Waals surface area contributed by atoms with E-state index in [2.05, 4.69) is 10.3 Å². The third-order valence-corrected chi connectivity index (χ3v) is 2.32. The molecule has 0 spiro atoms. The summed E-state index contributed by atoms with van der Waals surface area (Å²) in [4.78, 5) is 15.6. The van der Waals surface area contributed by atoms with Gasteiger partial charge in [-0.15, -0.1) is 0 Å². The molecule has 0 aromatic carbocycles. The SMILES string of the molecule is CCC(C)NC(=O)C(C)Oc1cccnc1. The summed E-state index contributed by atoms with van der Waals surface area (Å²) in [5.41, 5.74) is 0. The molecule has 1 heterocycles. The molecule has 1 rings (SSSR count). The van der Waals surface area contributed by atoms with Gasteiger partial charge in [0.25, 0.3) is 5.91 Å². The van der Waals surface area contributed by atoms with Gasteiger partial charge in [0.15, 0.2) is 6.10 Å². The van der Waals surface area contributed by atoms with E-state index in [0.29, 0.717) is 5.75 Å². The summed E-state index contributed by atoms with van der Waals surface area (Å²) in [5.74, 6) is 0.507. The Bertz CT molecular complexity index is 327. The molecule has 1 N–H and O–H groups in total. The molecular formula is C12H18N2O2. The highest BCUT2D eigenvalue weighted by molar-refractivity contribution is 5.80. The summed E-state index contributed by atoms with van der Waals surface area (Å²) in [6.45, 7) is 5.72. The van der Waals surface area contributed by atoms with Crippen LogP contribution in [0, 0.1) is 0 Å². The zero-order chi connectivity index (χ0) is 12.0. The van der Waals surface area contributed by atoms with E-state index in [-0.39, 0.29) is 11.9 Å². The second kappa shape index (κ2) is 6.10. The first-order valence-electron chi connectivity index (χ1n) is 5.50. The lowest BCUT2D eigenvalue weighted by molar-refractivity contribution is -0.127. The lowest BCUT2D eigenvalue weighted by Gasteiger charge is -2.17. The van der Waals surface area contributed by atoms with Crippen LogP contribution in [0.1, 0.15) is 27.2 Å². The average Bonchev–Trinajstić information content (AvgIpc) is 2.30. The van der Waals surface area contributed by atoms with Crippen LogP contribution in [0.5, 0.6) is 5.75 Å². The van der Waals surface area contributed by atoms with Gasteiger partial charge in [-0.25, -0.2) is 0 Å². The first kappa shape index (κ1) is 12.5. The van der Waals surface area contributed by atoms with Gasteiger partial charge < -0.3 is 10.1 Å². The van der Waals surface area contributed by atoms with Gasteiger partial charge in [0, 0.05) is 12.2 Å². The van der Waals surface area contributed by atoms with Crippen molar-refractivity contribution in [3.8, 4) is 5.75 Å². The van der Waals surface area contributed by atoms with E-state index in [1.54, 1.807) is 31.5 Å². The number of aromatic nitrogens is 1. The minimum Gasteiger partial charge on any atom is -0.479 e. The van der Waals surface area contributed by atoms with Crippen LogP contribution in [-0.2, 0) is 4.79 Å². The topological polar surface area (TPSA) is 51.2 Å². The van der Waals surface area contributed by atoms with Gasteiger partial charge >= 0.3 is 0 Å². The highest BCUT2D eigenvalue weighted by Crippen LogP contribution is 2.09. The van der Waals surface area contributed by atoms with E-state index in [1.165, 1.54) is 0 Å². The van der Waals surface area contributed by atoms with Gasteiger partial charge in [0.1, 0.15) is 5.75 Å². The fraction of sp³-hybridized carbons (Fsp3) is 0.500. The van der Waals surface area contributed by atoms with Crippen molar-refractivity contribution in [2.75, 3.05) is 0 Å². The molecule has 1 aromatic heterocycles. The number of hydrogen-bond acceptors (Lipinski definition) is 3. The Kier molecular flexibility index (Phi) is 4.76. The van der Waals surface area contributed by atoms with Crippen molar-refractivity contribution >= 4 is 5.91 Å². The number of carbonyl (C=O) groups is 1. The molecule has 0 aliphatic rings. The number of nitrogens with zero attached hydrogens (tertiary/aromatic N) is 1. The molecule has 16 heavy (non-hydrogen) atoms. The van der Waals surface area contributed by atoms with Gasteiger partial charge in [-0.3, -0.25) is 9.78 Å². The summed E-state index contributed by atoms with van der Waals surface area (Å²) in [5, 5.41) is 2.87. The van der Waals surface area contributed by atoms with Gasteiger partial charge in [0.05, 0.1) is 6.20 Å². The van der Waals surface area contributed by atoms with Crippen LogP contribution < -0.4 is 10.1 Å². The molecular weight excluding hydrogens is 204 g/mol. The summed E-state index contributed by atoms with van der Waals surface area (Å²) in [7, 11) is 0. The monoisotopic (exact) mass is 222 g/mol. The lowest BCUT2D eigenvalue weighted by atomic mass is 10.2. The fourth-order valence-electron chi connectivity index (χ4n) is 1.14. The van der Waals surface area contributed by atoms with E-state index < -0.39 is 6.10 Å². The van der Waals surface area contributed by atoms with Crippen molar-refractivity contribution < 1.29 is 9.53 Å². The van der Waals surface area contributed by atoms with Crippen molar-refractivity contribution in [3.63, 3.8) is 0 Å². The maximum absolute atomic E-state index is 11.7. The summed E-state index contributed by atoms with van der Waals surface area (Å²) < 4.78 is 5.45. The molecule has 0 aliphatic carbocycles. The maximum Gasteiger partial charge on any atom is 0.260 e. The van der Waals surface area contributed by atoms with Crippen LogP contribution in [0.25, 0.3) is 0 Å². The smallest absolute Gasteiger partial charge is 0.260 e. The molecule has 88 valence electrons. The third kappa shape index (κ3) is 3.88. The minimum atomic E-state index is -0.502. The highest BCUT2D eigenvalue weighted by Gasteiger charge is 2.15. The Morgan fingerprint density at radius 1 is 1.56 bits per heavy atom. The van der Waals surface area contributed by atoms with E-state index >= 15 is 0 Å². The van der Waals surface area contributed by atoms with Crippen molar-refractivity contribution in [2.45, 2.75) is 39.3 Å². The number of carbonyl (C=O) groups excluding carboxylic acids is 1. The quantitative estimate of drug-likeness (QED) is 0.826. The van der Waals surface area contributed by atoms with Crippen LogP contribution >= 0.6 is 0 Å². The second-order valence-electron chi connectivity index (χ2n) is 3.77. The zero-order valence-corrected chi connectivity index (χ0v) is 9.93. The maximum atomic E-state index is 11.7. The number of rotatable bonds is 5. The fourth-order valence-corrected chi connectivity index (χ4v) is 1.14. The standard InChI is InChI=1S/C12H18N2O2/c1-4-9(2)14-12(15)10(3)16-11-6-5-7-13-8-11/h5-10H,4H2,1-3H3,(H,14,15). The normalized spacial score (nSPS) is 13.9. The Balaban J connectivity index is 2.46. The van der Waals surface area contributed by atoms with Crippen molar-refractivity contribution in [3.05, 3.63) is 24.5 Å². The predicted molar refractivity (Wildman–Crippen MR) is 62.2 cm³/mol. The van der Waals surface area contributed by atoms with Gasteiger partial charge in [0.2, 0.25) is 0 Å². The summed E-state index contributed by atoms with van der Waals surface area (Å²) in [6, 6.07) is 3.72. The Labute approximate surface area is 96.0 Å². The van der Waals surface area contributed by atoms with E-state index in [9.17, 15) is 4.79 Å². The van der Waals surface area contributed by atoms with E-state index in [1.807, 2.05) is 13.8 Å². The lowest BCUT2D eigenvalue weighted by Crippen LogP contribution is -2.40. The predicted octanol–water partition coefficient (Wildman–Crippen LogP) is 1.76. The first-order chi connectivity index (χ1) is 7.63. The average molecular weight is 222 g/mol. The van der Waals surface area contributed by atoms with Crippen molar-refractivity contribution in [1.29, 1.82) is 0 Å². The largest absolute Gasteiger partial charge is 0.479 e. The van der Waals surface area contributed by atoms with E-state index in [0.717, 1.165) is 6.42 Å². The van der Waals surface area contributed by atoms with Gasteiger partial charge in [-0.05, 0) is 32.4 Å². The Morgan fingerprint density at radius 3 is 2.88 bits per heavy atom. The van der Waals surface area contributed by atoms with Crippen LogP contribution in [0.2, 0.25) is 0 Å². The molecule has 1 aromatic rings. The molecule has 2 unspecified atom stereocenters. The number of pyridine rings is 1. The molecule has 0 bridgehead atoms. The molecule has 4 heteroatoms. The molecule has 0 saturated carbocycles. The second-order valence-corrected chi connectivity index (χ2v) is 3.77. The van der Waals surface area contributed by atoms with Crippen LogP contribution in [0.4, 0.5) is 0 Å². The highest BCUT2D eigenvalue weighted by atomic mass is 16.5. The third-order valence-electron chi connectivity index (χ3n) is 2.32. The van der Waals surface area contributed by atoms with Gasteiger partial charge in [-0.1, -0.05) is 6.92 Å². The summed E-state index contributed by atoms with van der Waals surface area (Å²) in [6.07, 6.45) is 3.66. The molecule has 4 nitrogen and oxygen atoms in total. The zero-order valence-electron chi connectivity index (χ0n) is 9.93.